The first-order valence-corrected chi connectivity index (χ1v) is 7.82. The lowest BCUT2D eigenvalue weighted by molar-refractivity contribution is 1.07. The molecule has 0 bridgehead atoms. The van der Waals surface area contributed by atoms with Gasteiger partial charge in [-0.15, -0.1) is 11.3 Å². The molecule has 0 atom stereocenters. The molecule has 3 aromatic heterocycles. The number of hydrogen-bond donors (Lipinski definition) is 1. The molecule has 0 spiro atoms. The van der Waals surface area contributed by atoms with Gasteiger partial charge < -0.3 is 5.32 Å². The second-order valence-electron chi connectivity index (χ2n) is 3.37. The van der Waals surface area contributed by atoms with Crippen molar-refractivity contribution in [3.8, 4) is 0 Å². The zero-order valence-corrected chi connectivity index (χ0v) is 11.9. The lowest BCUT2D eigenvalue weighted by atomic mass is 10.4. The highest BCUT2D eigenvalue weighted by Gasteiger charge is 2.08. The van der Waals surface area contributed by atoms with E-state index in [1.807, 2.05) is 18.5 Å². The molecule has 8 heteroatoms. The summed E-state index contributed by atoms with van der Waals surface area (Å²) in [5.41, 5.74) is 0. The first-order chi connectivity index (χ1) is 8.86. The molecule has 0 amide bonds. The fraction of sp³-hybridized carbons (Fsp3) is 0.200. The Kier molecular flexibility index (Phi) is 3.39. The first-order valence-electron chi connectivity index (χ1n) is 5.18. The van der Waals surface area contributed by atoms with Crippen LogP contribution in [0.25, 0.3) is 10.2 Å². The summed E-state index contributed by atoms with van der Waals surface area (Å²) >= 11 is 4.63. The van der Waals surface area contributed by atoms with Gasteiger partial charge in [0.05, 0.1) is 11.1 Å². The Morgan fingerprint density at radius 1 is 1.39 bits per heavy atom. The predicted molar refractivity (Wildman–Crippen MR) is 76.4 cm³/mol. The normalized spacial score (nSPS) is 10.9. The van der Waals surface area contributed by atoms with E-state index < -0.39 is 0 Å². The second kappa shape index (κ2) is 5.17. The molecule has 0 fully saturated rings. The van der Waals surface area contributed by atoms with Gasteiger partial charge in [0.15, 0.2) is 4.34 Å². The summed E-state index contributed by atoms with van der Waals surface area (Å²) in [5.74, 6) is 2.40. The summed E-state index contributed by atoms with van der Waals surface area (Å²) in [6, 6.07) is 2.04. The van der Waals surface area contributed by atoms with Gasteiger partial charge in [-0.1, -0.05) is 11.8 Å². The monoisotopic (exact) mass is 295 g/mol. The number of thiophene rings is 1. The van der Waals surface area contributed by atoms with Crippen LogP contribution in [0.4, 0.5) is 5.82 Å². The molecule has 18 heavy (non-hydrogen) atoms. The van der Waals surface area contributed by atoms with Crippen LogP contribution in [0.15, 0.2) is 22.1 Å². The van der Waals surface area contributed by atoms with Crippen molar-refractivity contribution in [2.45, 2.75) is 10.1 Å². The van der Waals surface area contributed by atoms with Gasteiger partial charge in [-0.3, -0.25) is 0 Å². The van der Waals surface area contributed by atoms with Gasteiger partial charge in [0.1, 0.15) is 22.8 Å². The van der Waals surface area contributed by atoms with Crippen molar-refractivity contribution in [2.75, 3.05) is 12.4 Å². The molecule has 0 aromatic carbocycles. The average molecular weight is 295 g/mol. The van der Waals surface area contributed by atoms with Gasteiger partial charge in [-0.05, 0) is 23.0 Å². The maximum Gasteiger partial charge on any atom is 0.170 e. The number of hydrogen-bond acceptors (Lipinski definition) is 8. The van der Waals surface area contributed by atoms with Crippen LogP contribution >= 0.6 is 34.6 Å². The minimum atomic E-state index is 0.706. The van der Waals surface area contributed by atoms with E-state index in [1.165, 1.54) is 11.5 Å². The van der Waals surface area contributed by atoms with Crippen LogP contribution in [0.2, 0.25) is 0 Å². The molecular weight excluding hydrogens is 286 g/mol. The summed E-state index contributed by atoms with van der Waals surface area (Å²) in [6.45, 7) is 0. The Bertz CT molecular complexity index is 649. The highest BCUT2D eigenvalue weighted by atomic mass is 32.2. The lowest BCUT2D eigenvalue weighted by Gasteiger charge is -2.04. The van der Waals surface area contributed by atoms with E-state index in [0.717, 1.165) is 26.2 Å². The molecular formula is C10H9N5S3. The van der Waals surface area contributed by atoms with Gasteiger partial charge in [-0.25, -0.2) is 15.0 Å². The van der Waals surface area contributed by atoms with Gasteiger partial charge in [0.2, 0.25) is 0 Å². The standard InChI is InChI=1S/C10H9N5S3/c1-11-8-6-2-3-16-9(6)15-7(14-8)4-17-10-12-5-13-18-10/h2-3,5H,4H2,1H3,(H,11,14,15). The van der Waals surface area contributed by atoms with Crippen LogP contribution in [0.5, 0.6) is 0 Å². The van der Waals surface area contributed by atoms with Crippen molar-refractivity contribution in [3.63, 3.8) is 0 Å². The Morgan fingerprint density at radius 2 is 2.33 bits per heavy atom. The van der Waals surface area contributed by atoms with Crippen LogP contribution in [0, 0.1) is 0 Å². The van der Waals surface area contributed by atoms with Crippen LogP contribution in [-0.4, -0.2) is 26.4 Å². The van der Waals surface area contributed by atoms with Crippen LogP contribution in [0.3, 0.4) is 0 Å². The Balaban J connectivity index is 1.87. The molecule has 0 aliphatic rings. The summed E-state index contributed by atoms with van der Waals surface area (Å²) in [4.78, 5) is 14.2. The Hall–Kier alpha value is -1.25. The molecule has 3 aromatic rings. The molecule has 3 rings (SSSR count). The number of rotatable bonds is 4. The summed E-state index contributed by atoms with van der Waals surface area (Å²) in [6.07, 6.45) is 1.56. The number of nitrogens with one attached hydrogen (secondary N) is 1. The van der Waals surface area contributed by atoms with Crippen molar-refractivity contribution in [1.29, 1.82) is 0 Å². The van der Waals surface area contributed by atoms with Gasteiger partial charge in [-0.2, -0.15) is 4.37 Å². The molecule has 0 aliphatic carbocycles. The van der Waals surface area contributed by atoms with Gasteiger partial charge in [0.25, 0.3) is 0 Å². The van der Waals surface area contributed by atoms with E-state index in [1.54, 1.807) is 29.4 Å². The average Bonchev–Trinajstić information content (AvgIpc) is 3.06. The third-order valence-electron chi connectivity index (χ3n) is 2.27. The maximum absolute atomic E-state index is 4.55. The van der Waals surface area contributed by atoms with E-state index in [0.29, 0.717) is 5.75 Å². The van der Waals surface area contributed by atoms with Crippen molar-refractivity contribution < 1.29 is 0 Å². The van der Waals surface area contributed by atoms with E-state index in [-0.39, 0.29) is 0 Å². The Morgan fingerprint density at radius 3 is 3.11 bits per heavy atom. The highest BCUT2D eigenvalue weighted by Crippen LogP contribution is 2.27. The molecule has 5 nitrogen and oxygen atoms in total. The zero-order valence-electron chi connectivity index (χ0n) is 9.45. The number of anilines is 1. The van der Waals surface area contributed by atoms with Crippen LogP contribution < -0.4 is 5.32 Å². The zero-order chi connectivity index (χ0) is 12.4. The summed E-state index contributed by atoms with van der Waals surface area (Å²) in [5, 5.41) is 6.22. The maximum atomic E-state index is 4.55. The number of nitrogens with zero attached hydrogens (tertiary/aromatic N) is 4. The van der Waals surface area contributed by atoms with Gasteiger partial charge >= 0.3 is 0 Å². The summed E-state index contributed by atoms with van der Waals surface area (Å²) in [7, 11) is 1.88. The van der Waals surface area contributed by atoms with Crippen molar-refractivity contribution >= 4 is 50.7 Å². The lowest BCUT2D eigenvalue weighted by Crippen LogP contribution is -1.99. The van der Waals surface area contributed by atoms with Crippen LogP contribution in [0.1, 0.15) is 5.82 Å². The molecule has 0 saturated carbocycles. The van der Waals surface area contributed by atoms with Crippen LogP contribution in [-0.2, 0) is 5.75 Å². The van der Waals surface area contributed by atoms with Crippen molar-refractivity contribution in [3.05, 3.63) is 23.6 Å². The minimum Gasteiger partial charge on any atom is -0.372 e. The molecule has 3 heterocycles. The molecule has 92 valence electrons. The second-order valence-corrected chi connectivity index (χ2v) is 6.27. The third-order valence-corrected chi connectivity index (χ3v) is 4.87. The quantitative estimate of drug-likeness (QED) is 0.747. The number of thioether (sulfide) groups is 1. The molecule has 0 unspecified atom stereocenters. The van der Waals surface area contributed by atoms with E-state index in [2.05, 4.69) is 24.6 Å². The summed E-state index contributed by atoms with van der Waals surface area (Å²) < 4.78 is 4.91. The highest BCUT2D eigenvalue weighted by molar-refractivity contribution is 8.00. The minimum absolute atomic E-state index is 0.706. The molecule has 0 saturated heterocycles. The topological polar surface area (TPSA) is 63.6 Å². The molecule has 0 radical (unpaired) electrons. The Labute approximate surface area is 116 Å². The van der Waals surface area contributed by atoms with E-state index in [4.69, 9.17) is 0 Å². The molecule has 1 N–H and O–H groups in total. The van der Waals surface area contributed by atoms with Gasteiger partial charge in [0, 0.05) is 7.05 Å². The number of fused-ring (bicyclic) bond motifs is 1. The van der Waals surface area contributed by atoms with Crippen molar-refractivity contribution in [2.24, 2.45) is 0 Å². The van der Waals surface area contributed by atoms with E-state index >= 15 is 0 Å². The third kappa shape index (κ3) is 2.31. The SMILES string of the molecule is CNc1nc(CSc2ncns2)nc2sccc12. The smallest absolute Gasteiger partial charge is 0.170 e. The predicted octanol–water partition coefficient (Wildman–Crippen LogP) is 2.88. The van der Waals surface area contributed by atoms with Crippen molar-refractivity contribution in [1.82, 2.24) is 19.3 Å². The van der Waals surface area contributed by atoms with E-state index in [9.17, 15) is 0 Å². The molecule has 0 aliphatic heterocycles. The fourth-order valence-corrected chi connectivity index (χ4v) is 3.59. The first kappa shape index (κ1) is 11.8. The number of aromatic nitrogens is 4. The fourth-order valence-electron chi connectivity index (χ4n) is 1.51. The largest absolute Gasteiger partial charge is 0.372 e.